The Morgan fingerprint density at radius 2 is 1.89 bits per heavy atom. The number of anilines is 2. The Morgan fingerprint density at radius 1 is 1.14 bits per heavy atom. The summed E-state index contributed by atoms with van der Waals surface area (Å²) in [7, 11) is 1.58. The molecule has 0 saturated heterocycles. The number of hydrogen-bond donors (Lipinski definition) is 2. The summed E-state index contributed by atoms with van der Waals surface area (Å²) < 4.78 is 10.6. The fraction of sp³-hybridized carbons (Fsp3) is 0.333. The SMILES string of the molecule is COCCOc1c(Cl)cccc1NC(=O)c1cccc(NC(=O)C2CC2C)c1. The van der Waals surface area contributed by atoms with Gasteiger partial charge in [0.15, 0.2) is 5.75 Å². The average Bonchev–Trinajstić information content (AvgIpc) is 3.41. The molecule has 2 N–H and O–H groups in total. The van der Waals surface area contributed by atoms with Crippen molar-refractivity contribution in [1.29, 1.82) is 0 Å². The minimum absolute atomic E-state index is 0.00581. The van der Waals surface area contributed by atoms with E-state index in [1.165, 1.54) is 0 Å². The minimum Gasteiger partial charge on any atom is -0.487 e. The standard InChI is InChI=1S/C21H23ClN2O4/c1-13-11-16(13)21(26)23-15-6-3-5-14(12-15)20(25)24-18-8-4-7-17(22)19(18)28-10-9-27-2/h3-8,12-13,16H,9-11H2,1-2H3,(H,23,26)(H,24,25). The molecule has 0 heterocycles. The lowest BCUT2D eigenvalue weighted by Crippen LogP contribution is -2.16. The smallest absolute Gasteiger partial charge is 0.255 e. The molecule has 148 valence electrons. The molecule has 2 amide bonds. The van der Waals surface area contributed by atoms with Crippen molar-refractivity contribution < 1.29 is 19.1 Å². The summed E-state index contributed by atoms with van der Waals surface area (Å²) in [5.41, 5.74) is 1.48. The number of methoxy groups -OCH3 is 1. The molecule has 1 aliphatic carbocycles. The Hall–Kier alpha value is -2.57. The van der Waals surface area contributed by atoms with Gasteiger partial charge >= 0.3 is 0 Å². The van der Waals surface area contributed by atoms with E-state index in [1.54, 1.807) is 49.6 Å². The third-order valence-corrected chi connectivity index (χ3v) is 4.89. The molecule has 1 aliphatic rings. The van der Waals surface area contributed by atoms with Crippen LogP contribution in [0, 0.1) is 11.8 Å². The van der Waals surface area contributed by atoms with Gasteiger partial charge in [-0.15, -0.1) is 0 Å². The Bertz CT molecular complexity index is 871. The van der Waals surface area contributed by atoms with E-state index < -0.39 is 0 Å². The van der Waals surface area contributed by atoms with Crippen molar-refractivity contribution in [3.05, 3.63) is 53.1 Å². The highest BCUT2D eigenvalue weighted by Gasteiger charge is 2.39. The number of carbonyl (C=O) groups is 2. The lowest BCUT2D eigenvalue weighted by Gasteiger charge is -2.14. The molecule has 2 atom stereocenters. The number of rotatable bonds is 8. The first kappa shape index (κ1) is 20.2. The number of halogens is 1. The summed E-state index contributed by atoms with van der Waals surface area (Å²) in [6, 6.07) is 12.0. The van der Waals surface area contributed by atoms with Crippen molar-refractivity contribution in [2.24, 2.45) is 11.8 Å². The van der Waals surface area contributed by atoms with Crippen LogP contribution in [0.1, 0.15) is 23.7 Å². The second-order valence-electron chi connectivity index (χ2n) is 6.80. The molecule has 2 aromatic carbocycles. The van der Waals surface area contributed by atoms with Crippen LogP contribution in [0.3, 0.4) is 0 Å². The zero-order valence-corrected chi connectivity index (χ0v) is 16.6. The molecule has 1 fully saturated rings. The first-order chi connectivity index (χ1) is 13.5. The van der Waals surface area contributed by atoms with E-state index in [0.717, 1.165) is 6.42 Å². The van der Waals surface area contributed by atoms with Crippen molar-refractivity contribution in [3.8, 4) is 5.75 Å². The summed E-state index contributed by atoms with van der Waals surface area (Å²) in [6.07, 6.45) is 0.909. The molecular weight excluding hydrogens is 380 g/mol. The summed E-state index contributed by atoms with van der Waals surface area (Å²) in [4.78, 5) is 24.8. The Balaban J connectivity index is 1.70. The molecule has 1 saturated carbocycles. The highest BCUT2D eigenvalue weighted by Crippen LogP contribution is 2.38. The molecule has 28 heavy (non-hydrogen) atoms. The largest absolute Gasteiger partial charge is 0.487 e. The van der Waals surface area contributed by atoms with Gasteiger partial charge in [0.25, 0.3) is 5.91 Å². The second-order valence-corrected chi connectivity index (χ2v) is 7.21. The van der Waals surface area contributed by atoms with Gasteiger partial charge in [-0.3, -0.25) is 9.59 Å². The zero-order chi connectivity index (χ0) is 20.1. The molecule has 0 bridgehead atoms. The van der Waals surface area contributed by atoms with E-state index in [1.807, 2.05) is 6.92 Å². The lowest BCUT2D eigenvalue weighted by atomic mass is 10.1. The van der Waals surface area contributed by atoms with Crippen LogP contribution < -0.4 is 15.4 Å². The molecule has 2 aromatic rings. The summed E-state index contributed by atoms with van der Waals surface area (Å²) in [5.74, 6) is 0.548. The Kier molecular flexibility index (Phi) is 6.54. The monoisotopic (exact) mass is 402 g/mol. The highest BCUT2D eigenvalue weighted by molar-refractivity contribution is 6.32. The maximum Gasteiger partial charge on any atom is 0.255 e. The van der Waals surface area contributed by atoms with Crippen molar-refractivity contribution in [1.82, 2.24) is 0 Å². The van der Waals surface area contributed by atoms with E-state index in [0.29, 0.717) is 46.8 Å². The van der Waals surface area contributed by atoms with Gasteiger partial charge in [0.1, 0.15) is 6.61 Å². The molecule has 7 heteroatoms. The van der Waals surface area contributed by atoms with Gasteiger partial charge in [0.05, 0.1) is 17.3 Å². The lowest BCUT2D eigenvalue weighted by molar-refractivity contribution is -0.117. The quantitative estimate of drug-likeness (QED) is 0.648. The maximum atomic E-state index is 12.7. The minimum atomic E-state index is -0.324. The van der Waals surface area contributed by atoms with Gasteiger partial charge in [-0.25, -0.2) is 0 Å². The van der Waals surface area contributed by atoms with Crippen LogP contribution in [-0.4, -0.2) is 32.1 Å². The molecule has 6 nitrogen and oxygen atoms in total. The molecule has 0 spiro atoms. The fourth-order valence-corrected chi connectivity index (χ4v) is 3.07. The highest BCUT2D eigenvalue weighted by atomic mass is 35.5. The first-order valence-corrected chi connectivity index (χ1v) is 9.50. The third kappa shape index (κ3) is 5.03. The van der Waals surface area contributed by atoms with E-state index in [2.05, 4.69) is 10.6 Å². The normalized spacial score (nSPS) is 17.7. The van der Waals surface area contributed by atoms with Gasteiger partial charge in [-0.2, -0.15) is 0 Å². The van der Waals surface area contributed by atoms with Crippen molar-refractivity contribution >= 4 is 34.8 Å². The predicted molar refractivity (Wildman–Crippen MR) is 109 cm³/mol. The number of para-hydroxylation sites is 1. The van der Waals surface area contributed by atoms with E-state index in [4.69, 9.17) is 21.1 Å². The van der Waals surface area contributed by atoms with Crippen LogP contribution in [0.15, 0.2) is 42.5 Å². The van der Waals surface area contributed by atoms with Gasteiger partial charge in [0, 0.05) is 24.3 Å². The van der Waals surface area contributed by atoms with Crippen LogP contribution in [0.5, 0.6) is 5.75 Å². The summed E-state index contributed by atoms with van der Waals surface area (Å²) in [6.45, 7) is 2.76. The van der Waals surface area contributed by atoms with Crippen molar-refractivity contribution in [2.45, 2.75) is 13.3 Å². The first-order valence-electron chi connectivity index (χ1n) is 9.12. The third-order valence-electron chi connectivity index (χ3n) is 4.59. The number of hydrogen-bond acceptors (Lipinski definition) is 4. The number of nitrogens with one attached hydrogen (secondary N) is 2. The molecule has 0 aliphatic heterocycles. The van der Waals surface area contributed by atoms with Crippen LogP contribution in [0.4, 0.5) is 11.4 Å². The van der Waals surface area contributed by atoms with Crippen LogP contribution in [0.2, 0.25) is 5.02 Å². The van der Waals surface area contributed by atoms with Gasteiger partial charge in [-0.1, -0.05) is 30.7 Å². The Labute approximate surface area is 169 Å². The van der Waals surface area contributed by atoms with Crippen molar-refractivity contribution in [3.63, 3.8) is 0 Å². The van der Waals surface area contributed by atoms with E-state index in [-0.39, 0.29) is 17.7 Å². The van der Waals surface area contributed by atoms with E-state index >= 15 is 0 Å². The van der Waals surface area contributed by atoms with Crippen LogP contribution in [-0.2, 0) is 9.53 Å². The fourth-order valence-electron chi connectivity index (χ4n) is 2.84. The number of carbonyl (C=O) groups excluding carboxylic acids is 2. The zero-order valence-electron chi connectivity index (χ0n) is 15.8. The molecule has 2 unspecified atom stereocenters. The topological polar surface area (TPSA) is 76.7 Å². The molecule has 0 aromatic heterocycles. The number of ether oxygens (including phenoxy) is 2. The average molecular weight is 403 g/mol. The number of benzene rings is 2. The van der Waals surface area contributed by atoms with Gasteiger partial charge in [-0.05, 0) is 42.7 Å². The van der Waals surface area contributed by atoms with Crippen molar-refractivity contribution in [2.75, 3.05) is 31.0 Å². The van der Waals surface area contributed by atoms with Gasteiger partial charge < -0.3 is 20.1 Å². The predicted octanol–water partition coefficient (Wildman–Crippen LogP) is 4.21. The summed E-state index contributed by atoms with van der Waals surface area (Å²) in [5, 5.41) is 6.08. The van der Waals surface area contributed by atoms with E-state index in [9.17, 15) is 9.59 Å². The number of amides is 2. The second kappa shape index (κ2) is 9.08. The molecule has 3 rings (SSSR count). The van der Waals surface area contributed by atoms with Gasteiger partial charge in [0.2, 0.25) is 5.91 Å². The van der Waals surface area contributed by atoms with Crippen LogP contribution in [0.25, 0.3) is 0 Å². The summed E-state index contributed by atoms with van der Waals surface area (Å²) >= 11 is 6.20. The Morgan fingerprint density at radius 3 is 2.61 bits per heavy atom. The molecule has 0 radical (unpaired) electrons. The van der Waals surface area contributed by atoms with Crippen LogP contribution >= 0.6 is 11.6 Å². The maximum absolute atomic E-state index is 12.7. The molecular formula is C21H23ClN2O4.